The van der Waals surface area contributed by atoms with Crippen molar-refractivity contribution in [3.63, 3.8) is 0 Å². The minimum atomic E-state index is -0.0814. The van der Waals surface area contributed by atoms with Gasteiger partial charge in [-0.25, -0.2) is 4.98 Å². The SMILES string of the molecule is Cc1ncsc1C(N)c1ccc2ccccc2c1. The zero-order valence-electron chi connectivity index (χ0n) is 10.1. The van der Waals surface area contributed by atoms with Crippen LogP contribution < -0.4 is 5.73 Å². The molecular formula is C15H14N2S. The van der Waals surface area contributed by atoms with E-state index >= 15 is 0 Å². The monoisotopic (exact) mass is 254 g/mol. The van der Waals surface area contributed by atoms with Crippen LogP contribution in [0, 0.1) is 6.92 Å². The predicted molar refractivity (Wildman–Crippen MR) is 76.8 cm³/mol. The number of fused-ring (bicyclic) bond motifs is 1. The maximum Gasteiger partial charge on any atom is 0.0798 e. The minimum absolute atomic E-state index is 0.0814. The molecule has 0 aliphatic rings. The number of rotatable bonds is 2. The lowest BCUT2D eigenvalue weighted by atomic mass is 10.0. The van der Waals surface area contributed by atoms with Crippen molar-refractivity contribution in [1.82, 2.24) is 4.98 Å². The molecule has 0 fully saturated rings. The first kappa shape index (κ1) is 11.4. The lowest BCUT2D eigenvalue weighted by Crippen LogP contribution is -2.11. The average molecular weight is 254 g/mol. The van der Waals surface area contributed by atoms with Crippen molar-refractivity contribution in [3.8, 4) is 0 Å². The van der Waals surface area contributed by atoms with Crippen molar-refractivity contribution in [2.75, 3.05) is 0 Å². The Morgan fingerprint density at radius 3 is 2.61 bits per heavy atom. The Balaban J connectivity index is 2.07. The van der Waals surface area contributed by atoms with E-state index in [4.69, 9.17) is 5.73 Å². The summed E-state index contributed by atoms with van der Waals surface area (Å²) in [6, 6.07) is 14.6. The molecule has 0 aliphatic carbocycles. The highest BCUT2D eigenvalue weighted by Crippen LogP contribution is 2.27. The van der Waals surface area contributed by atoms with E-state index in [-0.39, 0.29) is 6.04 Å². The smallest absolute Gasteiger partial charge is 0.0798 e. The maximum atomic E-state index is 6.32. The second-order valence-corrected chi connectivity index (χ2v) is 5.27. The molecule has 3 aromatic rings. The van der Waals surface area contributed by atoms with Gasteiger partial charge in [-0.1, -0.05) is 36.4 Å². The third-order valence-corrected chi connectivity index (χ3v) is 4.21. The molecule has 0 amide bonds. The quantitative estimate of drug-likeness (QED) is 0.758. The Kier molecular flexibility index (Phi) is 2.86. The highest BCUT2D eigenvalue weighted by Gasteiger charge is 2.13. The third kappa shape index (κ3) is 1.92. The van der Waals surface area contributed by atoms with Crippen molar-refractivity contribution in [2.45, 2.75) is 13.0 Å². The first-order valence-corrected chi connectivity index (χ1v) is 6.78. The fourth-order valence-electron chi connectivity index (χ4n) is 2.16. The average Bonchev–Trinajstić information content (AvgIpc) is 2.83. The summed E-state index contributed by atoms with van der Waals surface area (Å²) in [5.74, 6) is 0. The number of hydrogen-bond acceptors (Lipinski definition) is 3. The van der Waals surface area contributed by atoms with Crippen LogP contribution in [0.25, 0.3) is 10.8 Å². The number of nitrogens with zero attached hydrogens (tertiary/aromatic N) is 1. The predicted octanol–water partition coefficient (Wildman–Crippen LogP) is 3.65. The number of benzene rings is 2. The van der Waals surface area contributed by atoms with Crippen LogP contribution in [0.15, 0.2) is 48.0 Å². The number of aryl methyl sites for hydroxylation is 1. The van der Waals surface area contributed by atoms with E-state index in [2.05, 4.69) is 47.4 Å². The molecule has 90 valence electrons. The Bertz CT molecular complexity index is 688. The molecule has 1 unspecified atom stereocenters. The molecule has 3 rings (SSSR count). The molecule has 0 radical (unpaired) electrons. The van der Waals surface area contributed by atoms with Gasteiger partial charge in [-0.15, -0.1) is 11.3 Å². The fraction of sp³-hybridized carbons (Fsp3) is 0.133. The molecule has 1 atom stereocenters. The van der Waals surface area contributed by atoms with Gasteiger partial charge in [0, 0.05) is 4.88 Å². The minimum Gasteiger partial charge on any atom is -0.320 e. The summed E-state index contributed by atoms with van der Waals surface area (Å²) in [6.45, 7) is 2.01. The van der Waals surface area contributed by atoms with Gasteiger partial charge in [0.15, 0.2) is 0 Å². The fourth-order valence-corrected chi connectivity index (χ4v) is 2.99. The summed E-state index contributed by atoms with van der Waals surface area (Å²) in [7, 11) is 0. The molecule has 0 saturated carbocycles. The van der Waals surface area contributed by atoms with E-state index in [1.54, 1.807) is 11.3 Å². The van der Waals surface area contributed by atoms with E-state index in [0.717, 1.165) is 16.1 Å². The normalized spacial score (nSPS) is 12.8. The molecule has 2 nitrogen and oxygen atoms in total. The highest BCUT2D eigenvalue weighted by atomic mass is 32.1. The number of nitrogens with two attached hydrogens (primary N) is 1. The Morgan fingerprint density at radius 2 is 1.89 bits per heavy atom. The van der Waals surface area contributed by atoms with Crippen molar-refractivity contribution in [2.24, 2.45) is 5.73 Å². The molecule has 1 aromatic heterocycles. The maximum absolute atomic E-state index is 6.32. The third-order valence-electron chi connectivity index (χ3n) is 3.20. The van der Waals surface area contributed by atoms with Crippen LogP contribution in [0.4, 0.5) is 0 Å². The summed E-state index contributed by atoms with van der Waals surface area (Å²) in [5.41, 5.74) is 10.3. The topological polar surface area (TPSA) is 38.9 Å². The first-order chi connectivity index (χ1) is 8.75. The molecule has 0 spiro atoms. The van der Waals surface area contributed by atoms with E-state index in [1.807, 2.05) is 12.4 Å². The van der Waals surface area contributed by atoms with Gasteiger partial charge in [-0.05, 0) is 29.3 Å². The Labute approximate surface area is 110 Å². The molecule has 2 N–H and O–H groups in total. The van der Waals surface area contributed by atoms with Gasteiger partial charge in [0.2, 0.25) is 0 Å². The summed E-state index contributed by atoms with van der Waals surface area (Å²) < 4.78 is 0. The summed E-state index contributed by atoms with van der Waals surface area (Å²) in [4.78, 5) is 5.41. The van der Waals surface area contributed by atoms with Crippen LogP contribution in [0.1, 0.15) is 22.2 Å². The molecule has 1 heterocycles. The van der Waals surface area contributed by atoms with Crippen LogP contribution in [0.2, 0.25) is 0 Å². The first-order valence-electron chi connectivity index (χ1n) is 5.90. The van der Waals surface area contributed by atoms with Crippen molar-refractivity contribution < 1.29 is 0 Å². The molecule has 18 heavy (non-hydrogen) atoms. The van der Waals surface area contributed by atoms with Crippen LogP contribution >= 0.6 is 11.3 Å². The molecular weight excluding hydrogens is 240 g/mol. The molecule has 3 heteroatoms. The Morgan fingerprint density at radius 1 is 1.11 bits per heavy atom. The van der Waals surface area contributed by atoms with Gasteiger partial charge in [-0.2, -0.15) is 0 Å². The lowest BCUT2D eigenvalue weighted by molar-refractivity contribution is 0.879. The van der Waals surface area contributed by atoms with Gasteiger partial charge >= 0.3 is 0 Å². The lowest BCUT2D eigenvalue weighted by Gasteiger charge is -2.11. The number of aromatic nitrogens is 1. The van der Waals surface area contributed by atoms with Crippen LogP contribution in [0.5, 0.6) is 0 Å². The molecule has 0 saturated heterocycles. The Hall–Kier alpha value is -1.71. The number of thiazole rings is 1. The van der Waals surface area contributed by atoms with Crippen molar-refractivity contribution in [1.29, 1.82) is 0 Å². The summed E-state index contributed by atoms with van der Waals surface area (Å²) in [5, 5.41) is 2.47. The van der Waals surface area contributed by atoms with Crippen molar-refractivity contribution >= 4 is 22.1 Å². The van der Waals surface area contributed by atoms with Gasteiger partial charge in [0.1, 0.15) is 0 Å². The largest absolute Gasteiger partial charge is 0.320 e. The van der Waals surface area contributed by atoms with Crippen LogP contribution in [-0.4, -0.2) is 4.98 Å². The second-order valence-electron chi connectivity index (χ2n) is 4.39. The summed E-state index contributed by atoms with van der Waals surface area (Å²) >= 11 is 1.62. The molecule has 2 aromatic carbocycles. The second kappa shape index (κ2) is 4.52. The molecule has 0 aliphatic heterocycles. The van der Waals surface area contributed by atoms with Crippen LogP contribution in [-0.2, 0) is 0 Å². The summed E-state index contributed by atoms with van der Waals surface area (Å²) in [6.07, 6.45) is 0. The van der Waals surface area contributed by atoms with Gasteiger partial charge in [0.05, 0.1) is 17.2 Å². The van der Waals surface area contributed by atoms with E-state index in [9.17, 15) is 0 Å². The van der Waals surface area contributed by atoms with Crippen LogP contribution in [0.3, 0.4) is 0 Å². The zero-order valence-corrected chi connectivity index (χ0v) is 10.9. The van der Waals surface area contributed by atoms with Gasteiger partial charge in [-0.3, -0.25) is 0 Å². The highest BCUT2D eigenvalue weighted by molar-refractivity contribution is 7.09. The number of hydrogen-bond donors (Lipinski definition) is 1. The van der Waals surface area contributed by atoms with Gasteiger partial charge < -0.3 is 5.73 Å². The van der Waals surface area contributed by atoms with E-state index in [0.29, 0.717) is 0 Å². The van der Waals surface area contributed by atoms with E-state index < -0.39 is 0 Å². The zero-order chi connectivity index (χ0) is 12.5. The van der Waals surface area contributed by atoms with E-state index in [1.165, 1.54) is 10.8 Å². The van der Waals surface area contributed by atoms with Gasteiger partial charge in [0.25, 0.3) is 0 Å². The molecule has 0 bridgehead atoms. The standard InChI is InChI=1S/C15H14N2S/c1-10-15(18-9-17-10)14(16)13-7-6-11-4-2-3-5-12(11)8-13/h2-9,14H,16H2,1H3. The van der Waals surface area contributed by atoms with Crippen molar-refractivity contribution in [3.05, 3.63) is 64.1 Å².